The lowest BCUT2D eigenvalue weighted by molar-refractivity contribution is 0.453. The lowest BCUT2D eigenvalue weighted by Gasteiger charge is -2.07. The first-order valence-electron chi connectivity index (χ1n) is 8.17. The van der Waals surface area contributed by atoms with Crippen molar-refractivity contribution in [3.63, 3.8) is 0 Å². The summed E-state index contributed by atoms with van der Waals surface area (Å²) in [7, 11) is 0. The summed E-state index contributed by atoms with van der Waals surface area (Å²) < 4.78 is 60.7. The highest BCUT2D eigenvalue weighted by atomic mass is 19.2. The van der Waals surface area contributed by atoms with Crippen LogP contribution in [0.3, 0.4) is 0 Å². The van der Waals surface area contributed by atoms with E-state index in [4.69, 9.17) is 4.42 Å². The quantitative estimate of drug-likeness (QED) is 0.319. The van der Waals surface area contributed by atoms with Crippen LogP contribution in [0, 0.1) is 23.3 Å². The number of aromatic amines is 1. The topological polar surface area (TPSA) is 54.7 Å². The van der Waals surface area contributed by atoms with Crippen LogP contribution in [-0.4, -0.2) is 15.0 Å². The van der Waals surface area contributed by atoms with Gasteiger partial charge in [-0.25, -0.2) is 27.5 Å². The second-order valence-electron chi connectivity index (χ2n) is 6.16. The maximum atomic E-state index is 14.4. The van der Waals surface area contributed by atoms with E-state index in [1.165, 1.54) is 30.9 Å². The molecule has 0 radical (unpaired) electrons. The molecule has 0 unspecified atom stereocenters. The zero-order valence-corrected chi connectivity index (χ0v) is 13.9. The van der Waals surface area contributed by atoms with Crippen LogP contribution in [0.4, 0.5) is 17.6 Å². The SMILES string of the molecule is Fc1cc2c(-c3ccc4c(-c5cnco5)c(F)ccc4n3)c[nH]c2c(F)c1F. The van der Waals surface area contributed by atoms with Crippen LogP contribution in [-0.2, 0) is 0 Å². The Labute approximate surface area is 154 Å². The third kappa shape index (κ3) is 2.31. The summed E-state index contributed by atoms with van der Waals surface area (Å²) in [5.74, 6) is -4.37. The Hall–Kier alpha value is -3.68. The zero-order chi connectivity index (χ0) is 19.4. The van der Waals surface area contributed by atoms with Gasteiger partial charge in [-0.05, 0) is 30.3 Å². The van der Waals surface area contributed by atoms with Gasteiger partial charge in [0.15, 0.2) is 29.6 Å². The highest BCUT2D eigenvalue weighted by Gasteiger charge is 2.19. The fourth-order valence-electron chi connectivity index (χ4n) is 3.30. The highest BCUT2D eigenvalue weighted by molar-refractivity contribution is 5.98. The number of hydrogen-bond acceptors (Lipinski definition) is 3. The molecule has 3 aromatic heterocycles. The van der Waals surface area contributed by atoms with Crippen LogP contribution >= 0.6 is 0 Å². The van der Waals surface area contributed by atoms with Crippen LogP contribution in [0.2, 0.25) is 0 Å². The number of hydrogen-bond donors (Lipinski definition) is 1. The van der Waals surface area contributed by atoms with E-state index in [2.05, 4.69) is 15.0 Å². The van der Waals surface area contributed by atoms with Gasteiger partial charge in [0.2, 0.25) is 0 Å². The van der Waals surface area contributed by atoms with Crippen molar-refractivity contribution in [3.05, 3.63) is 72.4 Å². The summed E-state index contributed by atoms with van der Waals surface area (Å²) in [5, 5.41) is 0.643. The van der Waals surface area contributed by atoms with Gasteiger partial charge in [0, 0.05) is 22.5 Å². The summed E-state index contributed by atoms with van der Waals surface area (Å²) in [6.45, 7) is 0. The van der Waals surface area contributed by atoms with Crippen molar-refractivity contribution < 1.29 is 22.0 Å². The fourth-order valence-corrected chi connectivity index (χ4v) is 3.30. The molecule has 138 valence electrons. The van der Waals surface area contributed by atoms with Crippen LogP contribution in [0.5, 0.6) is 0 Å². The van der Waals surface area contributed by atoms with Crippen molar-refractivity contribution in [3.8, 4) is 22.6 Å². The van der Waals surface area contributed by atoms with E-state index in [-0.39, 0.29) is 22.2 Å². The zero-order valence-electron chi connectivity index (χ0n) is 13.9. The molecule has 4 nitrogen and oxygen atoms in total. The molecule has 0 saturated carbocycles. The summed E-state index contributed by atoms with van der Waals surface area (Å²) >= 11 is 0. The largest absolute Gasteiger partial charge is 0.443 e. The molecule has 5 aromatic rings. The molecule has 0 bridgehead atoms. The number of halogens is 4. The number of benzene rings is 2. The Morgan fingerprint density at radius 3 is 2.54 bits per heavy atom. The predicted octanol–water partition coefficient (Wildman–Crippen LogP) is 5.59. The number of aromatic nitrogens is 3. The minimum absolute atomic E-state index is 0.154. The third-order valence-corrected chi connectivity index (χ3v) is 4.59. The van der Waals surface area contributed by atoms with E-state index in [0.29, 0.717) is 22.2 Å². The predicted molar refractivity (Wildman–Crippen MR) is 94.4 cm³/mol. The van der Waals surface area contributed by atoms with Gasteiger partial charge in [-0.1, -0.05) is 0 Å². The van der Waals surface area contributed by atoms with E-state index in [1.54, 1.807) is 12.1 Å². The van der Waals surface area contributed by atoms with Gasteiger partial charge in [-0.15, -0.1) is 0 Å². The molecular weight excluding hydrogens is 374 g/mol. The third-order valence-electron chi connectivity index (χ3n) is 4.59. The van der Waals surface area contributed by atoms with E-state index in [0.717, 1.165) is 6.07 Å². The van der Waals surface area contributed by atoms with E-state index in [1.807, 2.05) is 0 Å². The Kier molecular flexibility index (Phi) is 3.48. The molecule has 2 aromatic carbocycles. The smallest absolute Gasteiger partial charge is 0.196 e. The molecule has 0 saturated heterocycles. The lowest BCUT2D eigenvalue weighted by Crippen LogP contribution is -1.92. The van der Waals surface area contributed by atoms with Gasteiger partial charge in [0.25, 0.3) is 0 Å². The Morgan fingerprint density at radius 1 is 0.893 bits per heavy atom. The highest BCUT2D eigenvalue weighted by Crippen LogP contribution is 2.35. The fraction of sp³-hybridized carbons (Fsp3) is 0. The number of oxazole rings is 1. The van der Waals surface area contributed by atoms with E-state index >= 15 is 0 Å². The maximum absolute atomic E-state index is 14.4. The lowest BCUT2D eigenvalue weighted by atomic mass is 10.0. The van der Waals surface area contributed by atoms with E-state index in [9.17, 15) is 17.6 Å². The number of nitrogens with one attached hydrogen (secondary N) is 1. The molecule has 28 heavy (non-hydrogen) atoms. The normalized spacial score (nSPS) is 11.6. The van der Waals surface area contributed by atoms with Gasteiger partial charge in [-0.2, -0.15) is 0 Å². The summed E-state index contributed by atoms with van der Waals surface area (Å²) in [4.78, 5) is 10.9. The van der Waals surface area contributed by atoms with Crippen molar-refractivity contribution in [1.82, 2.24) is 15.0 Å². The first-order chi connectivity index (χ1) is 13.5. The molecule has 0 aliphatic rings. The molecule has 5 rings (SSSR count). The Morgan fingerprint density at radius 2 is 1.75 bits per heavy atom. The second-order valence-corrected chi connectivity index (χ2v) is 6.16. The number of rotatable bonds is 2. The summed E-state index contributed by atoms with van der Waals surface area (Å²) in [6, 6.07) is 6.87. The summed E-state index contributed by atoms with van der Waals surface area (Å²) in [6.07, 6.45) is 4.01. The molecule has 0 fully saturated rings. The van der Waals surface area contributed by atoms with Crippen molar-refractivity contribution in [2.75, 3.05) is 0 Å². The van der Waals surface area contributed by atoms with Gasteiger partial charge >= 0.3 is 0 Å². The van der Waals surface area contributed by atoms with Gasteiger partial charge in [0.1, 0.15) is 5.82 Å². The average molecular weight is 383 g/mol. The number of pyridine rings is 1. The molecule has 1 N–H and O–H groups in total. The average Bonchev–Trinajstić information content (AvgIpc) is 3.36. The minimum Gasteiger partial charge on any atom is -0.443 e. The number of nitrogens with zero attached hydrogens (tertiary/aromatic N) is 2. The molecule has 0 aliphatic heterocycles. The molecule has 0 amide bonds. The first-order valence-corrected chi connectivity index (χ1v) is 8.17. The summed E-state index contributed by atoms with van der Waals surface area (Å²) in [5.41, 5.74) is 1.28. The Bertz CT molecular complexity index is 1360. The maximum Gasteiger partial charge on any atom is 0.196 e. The molecule has 8 heteroatoms. The second kappa shape index (κ2) is 5.91. The van der Waals surface area contributed by atoms with Crippen molar-refractivity contribution in [2.24, 2.45) is 0 Å². The van der Waals surface area contributed by atoms with Gasteiger partial charge in [-0.3, -0.25) is 0 Å². The van der Waals surface area contributed by atoms with Crippen molar-refractivity contribution in [2.45, 2.75) is 0 Å². The molecular formula is C20H9F4N3O. The molecule has 3 heterocycles. The van der Waals surface area contributed by atoms with Crippen LogP contribution in [0.15, 0.2) is 53.5 Å². The standard InChI is InChI=1S/C20H9F4N3O/c21-12-2-4-14-9(17(12)16-7-25-8-28-16)1-3-15(27-14)11-6-26-20-10(11)5-13(22)18(23)19(20)24/h1-8,26H. The molecule has 0 aliphatic carbocycles. The minimum atomic E-state index is -1.54. The van der Waals surface area contributed by atoms with Crippen molar-refractivity contribution >= 4 is 21.8 Å². The number of fused-ring (bicyclic) bond motifs is 2. The first kappa shape index (κ1) is 16.5. The van der Waals surface area contributed by atoms with Crippen LogP contribution in [0.1, 0.15) is 0 Å². The Balaban J connectivity index is 1.74. The van der Waals surface area contributed by atoms with Crippen molar-refractivity contribution in [1.29, 1.82) is 0 Å². The molecule has 0 spiro atoms. The monoisotopic (exact) mass is 383 g/mol. The van der Waals surface area contributed by atoms with Gasteiger partial charge in [0.05, 0.1) is 28.5 Å². The van der Waals surface area contributed by atoms with Gasteiger partial charge < -0.3 is 9.40 Å². The molecule has 0 atom stereocenters. The van der Waals surface area contributed by atoms with E-state index < -0.39 is 23.3 Å². The van der Waals surface area contributed by atoms with Crippen LogP contribution < -0.4 is 0 Å². The van der Waals surface area contributed by atoms with Crippen LogP contribution in [0.25, 0.3) is 44.4 Å². The number of H-pyrrole nitrogens is 1.